The van der Waals surface area contributed by atoms with Crippen molar-refractivity contribution in [3.05, 3.63) is 82.9 Å². The van der Waals surface area contributed by atoms with Gasteiger partial charge in [-0.05, 0) is 35.9 Å². The molecule has 286 valence electrons. The molecule has 1 fully saturated rings. The Morgan fingerprint density at radius 1 is 0.691 bits per heavy atom. The fourth-order valence-electron chi connectivity index (χ4n) is 5.74. The summed E-state index contributed by atoms with van der Waals surface area (Å²) in [6.07, 6.45) is -8.09. The molecule has 2 heterocycles. The Kier molecular flexibility index (Phi) is 9.90. The number of hydrogen-bond acceptors (Lipinski definition) is 19. The third-order valence-electron chi connectivity index (χ3n) is 8.43. The Hall–Kier alpha value is -7.38. The second-order valence-corrected chi connectivity index (χ2v) is 11.9. The van der Waals surface area contributed by atoms with E-state index in [4.69, 9.17) is 23.7 Å². The van der Waals surface area contributed by atoms with Crippen LogP contribution in [0.25, 0.3) is 17.2 Å². The van der Waals surface area contributed by atoms with Gasteiger partial charge in [-0.15, -0.1) is 0 Å². The first-order valence-corrected chi connectivity index (χ1v) is 15.7. The normalized spacial score (nSPS) is 20.9. The fraction of sp³-hybridized carbons (Fsp3) is 0.167. The number of phenols is 9. The maximum absolute atomic E-state index is 14.0. The molecule has 1 saturated heterocycles. The number of rotatable bonds is 5. The van der Waals surface area contributed by atoms with E-state index in [9.17, 15) is 70.2 Å². The van der Waals surface area contributed by atoms with Crippen molar-refractivity contribution in [2.75, 3.05) is 6.61 Å². The van der Waals surface area contributed by atoms with Gasteiger partial charge < -0.3 is 74.7 Å². The quantitative estimate of drug-likeness (QED) is 0.0601. The van der Waals surface area contributed by atoms with E-state index in [1.54, 1.807) is 30.3 Å². The van der Waals surface area contributed by atoms with E-state index in [-0.39, 0.29) is 0 Å². The van der Waals surface area contributed by atoms with Crippen LogP contribution in [0.3, 0.4) is 0 Å². The van der Waals surface area contributed by atoms with Gasteiger partial charge in [0.2, 0.25) is 17.8 Å². The van der Waals surface area contributed by atoms with E-state index in [0.717, 1.165) is 6.08 Å². The van der Waals surface area contributed by atoms with Crippen LogP contribution >= 0.6 is 0 Å². The minimum atomic E-state index is -2.25. The molecule has 4 aromatic rings. The molecule has 0 aromatic heterocycles. The number of hydrogen-bond donors (Lipinski definition) is 10. The molecular formula is C36H28O19. The van der Waals surface area contributed by atoms with E-state index >= 15 is 0 Å². The van der Waals surface area contributed by atoms with Crippen molar-refractivity contribution in [2.24, 2.45) is 0 Å². The predicted molar refractivity (Wildman–Crippen MR) is 178 cm³/mol. The summed E-state index contributed by atoms with van der Waals surface area (Å²) < 4.78 is 27.3. The molecule has 19 heteroatoms. The molecule has 19 nitrogen and oxygen atoms in total. The van der Waals surface area contributed by atoms with Crippen LogP contribution < -0.4 is 0 Å². The third-order valence-corrected chi connectivity index (χ3v) is 8.43. The lowest BCUT2D eigenvalue weighted by molar-refractivity contribution is -0.289. The summed E-state index contributed by atoms with van der Waals surface area (Å²) in [6, 6.07) is 10.8. The Labute approximate surface area is 306 Å². The highest BCUT2D eigenvalue weighted by Crippen LogP contribution is 2.53. The summed E-state index contributed by atoms with van der Waals surface area (Å²) in [6.45, 7) is -1.01. The minimum Gasteiger partial charge on any atom is -0.504 e. The molecule has 0 amide bonds. The molecule has 55 heavy (non-hydrogen) atoms. The topological polar surface area (TPSA) is 317 Å². The van der Waals surface area contributed by atoms with Gasteiger partial charge in [-0.25, -0.2) is 19.2 Å². The number of cyclic esters (lactones) is 1. The van der Waals surface area contributed by atoms with Crippen LogP contribution in [0.5, 0.6) is 51.7 Å². The minimum absolute atomic E-state index is 0.519. The van der Waals surface area contributed by atoms with Gasteiger partial charge in [0, 0.05) is 17.2 Å². The van der Waals surface area contributed by atoms with Gasteiger partial charge in [0.1, 0.15) is 12.7 Å². The lowest BCUT2D eigenvalue weighted by Crippen LogP contribution is -2.62. The summed E-state index contributed by atoms with van der Waals surface area (Å²) in [5, 5.41) is 104. The first-order valence-electron chi connectivity index (χ1n) is 15.7. The van der Waals surface area contributed by atoms with Crippen molar-refractivity contribution in [3.63, 3.8) is 0 Å². The van der Waals surface area contributed by atoms with Crippen molar-refractivity contribution in [3.8, 4) is 62.9 Å². The van der Waals surface area contributed by atoms with E-state index < -0.39 is 141 Å². The smallest absolute Gasteiger partial charge is 0.339 e. The Morgan fingerprint density at radius 2 is 1.24 bits per heavy atom. The molecule has 0 radical (unpaired) electrons. The lowest BCUT2D eigenvalue weighted by Gasteiger charge is -2.42. The molecule has 0 saturated carbocycles. The number of carbonyl (C=O) groups excluding carboxylic acids is 4. The van der Waals surface area contributed by atoms with Gasteiger partial charge in [0.15, 0.2) is 58.6 Å². The number of aromatic hydroxyl groups is 9. The number of aliphatic hydroxyl groups is 1. The van der Waals surface area contributed by atoms with Gasteiger partial charge in [-0.3, -0.25) is 0 Å². The number of aliphatic hydroxyl groups excluding tert-OH is 1. The number of fused-ring (bicyclic) bond motifs is 4. The summed E-state index contributed by atoms with van der Waals surface area (Å²) in [7, 11) is 0. The molecular weight excluding hydrogens is 736 g/mol. The number of ether oxygens (including phenoxy) is 5. The van der Waals surface area contributed by atoms with E-state index in [0.29, 0.717) is 29.8 Å². The average Bonchev–Trinajstić information content (AvgIpc) is 3.17. The summed E-state index contributed by atoms with van der Waals surface area (Å²) >= 11 is 0. The van der Waals surface area contributed by atoms with Crippen LogP contribution in [0.1, 0.15) is 36.6 Å². The Bertz CT molecular complexity index is 2220. The maximum atomic E-state index is 14.0. The molecule has 0 aliphatic carbocycles. The Balaban J connectivity index is 1.46. The van der Waals surface area contributed by atoms with Crippen LogP contribution in [0.4, 0.5) is 0 Å². The zero-order valence-electron chi connectivity index (χ0n) is 27.6. The molecule has 10 N–H and O–H groups in total. The number of benzene rings is 4. The Morgan fingerprint density at radius 3 is 1.82 bits per heavy atom. The van der Waals surface area contributed by atoms with Crippen molar-refractivity contribution in [1.29, 1.82) is 0 Å². The lowest BCUT2D eigenvalue weighted by atomic mass is 9.92. The highest BCUT2D eigenvalue weighted by atomic mass is 16.7. The first-order chi connectivity index (χ1) is 26.1. The number of esters is 4. The monoisotopic (exact) mass is 764 g/mol. The van der Waals surface area contributed by atoms with Gasteiger partial charge in [0.05, 0.1) is 16.7 Å². The highest BCUT2D eigenvalue weighted by Gasteiger charge is 2.52. The zero-order valence-corrected chi connectivity index (χ0v) is 27.6. The molecule has 0 spiro atoms. The van der Waals surface area contributed by atoms with Crippen molar-refractivity contribution in [2.45, 2.75) is 30.7 Å². The molecule has 6 rings (SSSR count). The van der Waals surface area contributed by atoms with Gasteiger partial charge in [-0.1, -0.05) is 30.3 Å². The second-order valence-electron chi connectivity index (χ2n) is 11.9. The summed E-state index contributed by atoms with van der Waals surface area (Å²) in [5.41, 5.74) is -3.68. The number of phenolic OH excluding ortho intramolecular Hbond substituents is 9. The van der Waals surface area contributed by atoms with Gasteiger partial charge >= 0.3 is 23.9 Å². The molecule has 2 aliphatic heterocycles. The van der Waals surface area contributed by atoms with E-state index in [1.807, 2.05) is 0 Å². The van der Waals surface area contributed by atoms with Crippen LogP contribution in [-0.2, 0) is 28.5 Å². The van der Waals surface area contributed by atoms with Crippen molar-refractivity contribution in [1.82, 2.24) is 0 Å². The molecule has 5 atom stereocenters. The SMILES string of the molecule is O=C(C=Cc1ccccc1)OC1OC2COC(=O)c3cc(O)c(O)c(O)c3-c3c(cc(O)c(O)c3O)C(=O)OC2C(OC(=O)c2cc(O)c(O)c(O)c2)C1O. The van der Waals surface area contributed by atoms with E-state index in [1.165, 1.54) is 6.08 Å². The average molecular weight is 765 g/mol. The number of carbonyl (C=O) groups is 4. The molecule has 0 bridgehead atoms. The summed E-state index contributed by atoms with van der Waals surface area (Å²) in [4.78, 5) is 53.8. The maximum Gasteiger partial charge on any atom is 0.339 e. The first kappa shape index (κ1) is 37.4. The third kappa shape index (κ3) is 7.06. The van der Waals surface area contributed by atoms with Crippen LogP contribution in [-0.4, -0.2) is 112 Å². The second kappa shape index (κ2) is 14.6. The summed E-state index contributed by atoms with van der Waals surface area (Å²) in [5.74, 6) is -16.0. The fourth-order valence-corrected chi connectivity index (χ4v) is 5.74. The van der Waals surface area contributed by atoms with Gasteiger partial charge in [-0.2, -0.15) is 0 Å². The molecule has 4 aromatic carbocycles. The predicted octanol–water partition coefficient (Wildman–Crippen LogP) is 1.97. The van der Waals surface area contributed by atoms with Crippen LogP contribution in [0, 0.1) is 0 Å². The van der Waals surface area contributed by atoms with Gasteiger partial charge in [0.25, 0.3) is 0 Å². The largest absolute Gasteiger partial charge is 0.504 e. The zero-order chi connectivity index (χ0) is 39.9. The van der Waals surface area contributed by atoms with Crippen LogP contribution in [0.15, 0.2) is 60.7 Å². The van der Waals surface area contributed by atoms with Crippen LogP contribution in [0.2, 0.25) is 0 Å². The standard InChI is InChI=1S/C36H28O19/c37-17-8-14(9-18(38)25(17)42)33(48)55-32-30(47)36(53-22(41)7-6-13-4-2-1-3-5-13)52-21-12-51-34(49)15-10-19(39)26(43)28(45)23(15)24-16(35(50)54-31(21)32)11-20(40)27(44)29(24)46/h1-11,21,30-32,36-40,42-47H,12H2. The van der Waals surface area contributed by atoms with Crippen molar-refractivity contribution >= 4 is 30.0 Å². The molecule has 2 aliphatic rings. The molecule has 5 unspecified atom stereocenters. The van der Waals surface area contributed by atoms with E-state index in [2.05, 4.69) is 0 Å². The highest BCUT2D eigenvalue weighted by molar-refractivity contribution is 6.08. The van der Waals surface area contributed by atoms with Crippen molar-refractivity contribution < 1.29 is 93.9 Å².